The number of rotatable bonds is 4. The highest BCUT2D eigenvalue weighted by Gasteiger charge is 2.18. The normalized spacial score (nSPS) is 22.6. The van der Waals surface area contributed by atoms with E-state index in [0.29, 0.717) is 0 Å². The first-order valence-corrected chi connectivity index (χ1v) is 7.96. The number of hydrogen-bond donors (Lipinski definition) is 2. The van der Waals surface area contributed by atoms with Crippen LogP contribution in [0.1, 0.15) is 36.9 Å². The van der Waals surface area contributed by atoms with Gasteiger partial charge in [-0.3, -0.25) is 4.98 Å². The summed E-state index contributed by atoms with van der Waals surface area (Å²) in [6.45, 7) is 3.98. The van der Waals surface area contributed by atoms with E-state index in [-0.39, 0.29) is 6.10 Å². The average Bonchev–Trinajstić information content (AvgIpc) is 2.49. The number of hydrogen-bond acceptors (Lipinski definition) is 3. The number of aliphatic hydroxyl groups excluding tert-OH is 1. The Morgan fingerprint density at radius 1 is 1.14 bits per heavy atom. The first-order chi connectivity index (χ1) is 10.2. The van der Waals surface area contributed by atoms with Crippen LogP contribution >= 0.6 is 0 Å². The van der Waals surface area contributed by atoms with Gasteiger partial charge < -0.3 is 10.4 Å². The zero-order valence-corrected chi connectivity index (χ0v) is 12.7. The second-order valence-electron chi connectivity index (χ2n) is 6.29. The molecule has 1 aromatic heterocycles. The van der Waals surface area contributed by atoms with E-state index in [9.17, 15) is 5.11 Å². The van der Waals surface area contributed by atoms with Crippen molar-refractivity contribution in [3.8, 4) is 0 Å². The van der Waals surface area contributed by atoms with Crippen LogP contribution in [0.5, 0.6) is 0 Å². The molecule has 1 saturated carbocycles. The molecule has 1 aliphatic carbocycles. The lowest BCUT2D eigenvalue weighted by Gasteiger charge is -2.25. The van der Waals surface area contributed by atoms with Crippen LogP contribution < -0.4 is 5.32 Å². The van der Waals surface area contributed by atoms with Crippen molar-refractivity contribution in [1.29, 1.82) is 0 Å². The molecule has 3 heteroatoms. The molecule has 1 aliphatic rings. The Morgan fingerprint density at radius 3 is 2.76 bits per heavy atom. The highest BCUT2D eigenvalue weighted by atomic mass is 16.3. The average molecular weight is 284 g/mol. The van der Waals surface area contributed by atoms with Gasteiger partial charge in [-0.05, 0) is 68.8 Å². The second kappa shape index (κ2) is 6.54. The third-order valence-electron chi connectivity index (χ3n) is 4.47. The van der Waals surface area contributed by atoms with Crippen LogP contribution in [0.2, 0.25) is 0 Å². The van der Waals surface area contributed by atoms with Crippen LogP contribution in [0, 0.1) is 12.8 Å². The van der Waals surface area contributed by atoms with Crippen LogP contribution in [0.4, 0.5) is 0 Å². The van der Waals surface area contributed by atoms with Gasteiger partial charge in [-0.15, -0.1) is 0 Å². The van der Waals surface area contributed by atoms with Gasteiger partial charge in [-0.1, -0.05) is 12.1 Å². The second-order valence-corrected chi connectivity index (χ2v) is 6.29. The predicted molar refractivity (Wildman–Crippen MR) is 86.2 cm³/mol. The van der Waals surface area contributed by atoms with Crippen LogP contribution in [0.15, 0.2) is 30.3 Å². The lowest BCUT2D eigenvalue weighted by molar-refractivity contribution is 0.108. The first-order valence-electron chi connectivity index (χ1n) is 7.96. The Kier molecular flexibility index (Phi) is 4.51. The van der Waals surface area contributed by atoms with Gasteiger partial charge in [0.25, 0.3) is 0 Å². The molecule has 3 nitrogen and oxygen atoms in total. The van der Waals surface area contributed by atoms with E-state index in [4.69, 9.17) is 0 Å². The van der Waals surface area contributed by atoms with Gasteiger partial charge in [0, 0.05) is 17.6 Å². The molecule has 21 heavy (non-hydrogen) atoms. The Hall–Kier alpha value is -1.45. The molecule has 0 amide bonds. The molecule has 0 unspecified atom stereocenters. The Balaban J connectivity index is 1.54. The van der Waals surface area contributed by atoms with Crippen molar-refractivity contribution < 1.29 is 5.11 Å². The van der Waals surface area contributed by atoms with Crippen molar-refractivity contribution >= 4 is 10.9 Å². The molecule has 1 fully saturated rings. The number of nitrogens with one attached hydrogen (secondary N) is 1. The van der Waals surface area contributed by atoms with E-state index in [2.05, 4.69) is 40.6 Å². The van der Waals surface area contributed by atoms with E-state index in [1.807, 2.05) is 6.92 Å². The fraction of sp³-hybridized carbons (Fsp3) is 0.500. The molecule has 0 atom stereocenters. The number of aromatic nitrogens is 1. The van der Waals surface area contributed by atoms with Crippen molar-refractivity contribution in [2.75, 3.05) is 6.54 Å². The van der Waals surface area contributed by atoms with Crippen molar-refractivity contribution in [3.63, 3.8) is 0 Å². The Morgan fingerprint density at radius 2 is 1.95 bits per heavy atom. The number of aliphatic hydroxyl groups is 1. The maximum absolute atomic E-state index is 9.52. The van der Waals surface area contributed by atoms with Gasteiger partial charge in [0.15, 0.2) is 0 Å². The summed E-state index contributed by atoms with van der Waals surface area (Å²) in [5.74, 6) is 0.721. The molecule has 2 aromatic rings. The standard InChI is InChI=1S/C18H24N2O/c1-13-2-6-16-10-15(5-9-18(16)20-13)12-19-11-14-3-7-17(21)8-4-14/h2,5-6,9-10,14,17,19,21H,3-4,7-8,11-12H2,1H3. The molecule has 0 radical (unpaired) electrons. The number of benzene rings is 1. The van der Waals surface area contributed by atoms with Crippen LogP contribution in [0.25, 0.3) is 10.9 Å². The van der Waals surface area contributed by atoms with Crippen molar-refractivity contribution in [2.45, 2.75) is 45.3 Å². The summed E-state index contributed by atoms with van der Waals surface area (Å²) in [6, 6.07) is 10.7. The van der Waals surface area contributed by atoms with E-state index >= 15 is 0 Å². The third kappa shape index (κ3) is 3.80. The number of nitrogens with zero attached hydrogens (tertiary/aromatic N) is 1. The first kappa shape index (κ1) is 14.5. The SMILES string of the molecule is Cc1ccc2cc(CNCC3CCC(O)CC3)ccc2n1. The minimum absolute atomic E-state index is 0.0577. The maximum atomic E-state index is 9.52. The summed E-state index contributed by atoms with van der Waals surface area (Å²) in [4.78, 5) is 4.53. The lowest BCUT2D eigenvalue weighted by atomic mass is 9.87. The van der Waals surface area contributed by atoms with E-state index in [1.54, 1.807) is 0 Å². The molecule has 3 rings (SSSR count). The predicted octanol–water partition coefficient (Wildman–Crippen LogP) is 3.18. The topological polar surface area (TPSA) is 45.1 Å². The summed E-state index contributed by atoms with van der Waals surface area (Å²) in [5.41, 5.74) is 3.44. The molecule has 0 spiro atoms. The Labute approximate surface area is 126 Å². The minimum atomic E-state index is -0.0577. The van der Waals surface area contributed by atoms with Gasteiger partial charge in [0.1, 0.15) is 0 Å². The number of aryl methyl sites for hydroxylation is 1. The minimum Gasteiger partial charge on any atom is -0.393 e. The van der Waals surface area contributed by atoms with Crippen molar-refractivity contribution in [1.82, 2.24) is 10.3 Å². The molecule has 2 N–H and O–H groups in total. The molecule has 0 saturated heterocycles. The lowest BCUT2D eigenvalue weighted by Crippen LogP contribution is -2.27. The number of fused-ring (bicyclic) bond motifs is 1. The van der Waals surface area contributed by atoms with Crippen LogP contribution in [-0.4, -0.2) is 22.7 Å². The summed E-state index contributed by atoms with van der Waals surface area (Å²) < 4.78 is 0. The van der Waals surface area contributed by atoms with Crippen molar-refractivity contribution in [3.05, 3.63) is 41.6 Å². The highest BCUT2D eigenvalue weighted by Crippen LogP contribution is 2.23. The molecule has 112 valence electrons. The van der Waals surface area contributed by atoms with Gasteiger partial charge in [-0.2, -0.15) is 0 Å². The molecule has 1 heterocycles. The fourth-order valence-corrected chi connectivity index (χ4v) is 3.16. The van der Waals surface area contributed by atoms with Gasteiger partial charge in [-0.25, -0.2) is 0 Å². The molecule has 0 bridgehead atoms. The van der Waals surface area contributed by atoms with Crippen LogP contribution in [0.3, 0.4) is 0 Å². The van der Waals surface area contributed by atoms with Crippen molar-refractivity contribution in [2.24, 2.45) is 5.92 Å². The highest BCUT2D eigenvalue weighted by molar-refractivity contribution is 5.79. The number of pyridine rings is 1. The maximum Gasteiger partial charge on any atom is 0.0705 e. The summed E-state index contributed by atoms with van der Waals surface area (Å²) in [7, 11) is 0. The monoisotopic (exact) mass is 284 g/mol. The molecular formula is C18H24N2O. The zero-order valence-electron chi connectivity index (χ0n) is 12.7. The third-order valence-corrected chi connectivity index (χ3v) is 4.47. The van der Waals surface area contributed by atoms with Gasteiger partial charge in [0.2, 0.25) is 0 Å². The largest absolute Gasteiger partial charge is 0.393 e. The molecular weight excluding hydrogens is 260 g/mol. The summed E-state index contributed by atoms with van der Waals surface area (Å²) >= 11 is 0. The van der Waals surface area contributed by atoms with E-state index in [0.717, 1.165) is 55.9 Å². The quantitative estimate of drug-likeness (QED) is 0.906. The summed E-state index contributed by atoms with van der Waals surface area (Å²) in [5, 5.41) is 14.3. The smallest absolute Gasteiger partial charge is 0.0705 e. The fourth-order valence-electron chi connectivity index (χ4n) is 3.16. The van der Waals surface area contributed by atoms with E-state index < -0.39 is 0 Å². The summed E-state index contributed by atoms with van der Waals surface area (Å²) in [6.07, 6.45) is 4.17. The Bertz CT molecular complexity index is 603. The van der Waals surface area contributed by atoms with Gasteiger partial charge in [0.05, 0.1) is 11.6 Å². The van der Waals surface area contributed by atoms with Crippen LogP contribution in [-0.2, 0) is 6.54 Å². The molecule has 0 aliphatic heterocycles. The van der Waals surface area contributed by atoms with Gasteiger partial charge >= 0.3 is 0 Å². The van der Waals surface area contributed by atoms with E-state index in [1.165, 1.54) is 10.9 Å². The molecule has 1 aromatic carbocycles. The zero-order chi connectivity index (χ0) is 14.7.